The molecule has 2 aromatic heterocycles. The molecule has 0 unspecified atom stereocenters. The number of carbonyl (C=O) groups is 2. The number of imidazole rings is 1. The van der Waals surface area contributed by atoms with Crippen LogP contribution in [0.2, 0.25) is 10.0 Å². The number of fused-ring (bicyclic) bond motifs is 4. The van der Waals surface area contributed by atoms with E-state index in [0.29, 0.717) is 44.1 Å². The number of amides is 2. The second-order valence-corrected chi connectivity index (χ2v) is 10.2. The van der Waals surface area contributed by atoms with Crippen molar-refractivity contribution >= 4 is 46.4 Å². The molecule has 198 valence electrons. The number of methoxy groups -OCH3 is 2. The minimum absolute atomic E-state index is 0.117. The fraction of sp³-hybridized carbons (Fsp3) is 0.222. The van der Waals surface area contributed by atoms with Crippen molar-refractivity contribution in [3.63, 3.8) is 0 Å². The Balaban J connectivity index is 1.71. The molecule has 2 amide bonds. The van der Waals surface area contributed by atoms with E-state index < -0.39 is 17.4 Å². The van der Waals surface area contributed by atoms with Gasteiger partial charge < -0.3 is 19.4 Å². The lowest BCUT2D eigenvalue weighted by Crippen LogP contribution is -2.51. The van der Waals surface area contributed by atoms with E-state index in [9.17, 15) is 9.59 Å². The molecule has 4 heterocycles. The standard InChI is InChI=1S/C27H22Cl2N6O4/c1-13(2)34-21-20(32-22(34)17-12-30-26(39-4)33-23(17)38-3)24(36)35(16-7-5-6-14(28)10-16)27(21)18-9-8-15(29)11-19(18)31-25(27)37/h5-13H,1-4H3,(H,31,37)/t27-/m0/s1. The van der Waals surface area contributed by atoms with Gasteiger partial charge in [-0.1, -0.05) is 35.3 Å². The summed E-state index contributed by atoms with van der Waals surface area (Å²) in [5.41, 5.74) is 0.897. The largest absolute Gasteiger partial charge is 0.480 e. The molecule has 0 fully saturated rings. The van der Waals surface area contributed by atoms with Crippen LogP contribution in [-0.2, 0) is 10.3 Å². The minimum Gasteiger partial charge on any atom is -0.480 e. The van der Waals surface area contributed by atoms with Crippen LogP contribution in [0.4, 0.5) is 11.4 Å². The van der Waals surface area contributed by atoms with Gasteiger partial charge in [0.15, 0.2) is 11.2 Å². The predicted molar refractivity (Wildman–Crippen MR) is 146 cm³/mol. The third kappa shape index (κ3) is 3.44. The smallest absolute Gasteiger partial charge is 0.319 e. The van der Waals surface area contributed by atoms with Gasteiger partial charge in [-0.25, -0.2) is 9.97 Å². The van der Waals surface area contributed by atoms with Gasteiger partial charge in [0.1, 0.15) is 5.82 Å². The first-order chi connectivity index (χ1) is 18.7. The van der Waals surface area contributed by atoms with Crippen LogP contribution in [0, 0.1) is 0 Å². The van der Waals surface area contributed by atoms with Crippen molar-refractivity contribution in [3.05, 3.63) is 75.7 Å². The van der Waals surface area contributed by atoms with Gasteiger partial charge in [-0.2, -0.15) is 4.98 Å². The monoisotopic (exact) mass is 564 g/mol. The number of hydrogen-bond acceptors (Lipinski definition) is 7. The highest BCUT2D eigenvalue weighted by Crippen LogP contribution is 2.54. The summed E-state index contributed by atoms with van der Waals surface area (Å²) in [6.45, 7) is 3.89. The number of nitrogens with zero attached hydrogens (tertiary/aromatic N) is 5. The van der Waals surface area contributed by atoms with E-state index in [1.54, 1.807) is 42.5 Å². The van der Waals surface area contributed by atoms with Crippen molar-refractivity contribution in [2.45, 2.75) is 25.4 Å². The fourth-order valence-electron chi connectivity index (χ4n) is 5.40. The Labute approximate surface area is 233 Å². The predicted octanol–water partition coefficient (Wildman–Crippen LogP) is 5.10. The molecule has 0 saturated carbocycles. The van der Waals surface area contributed by atoms with Crippen LogP contribution < -0.4 is 19.7 Å². The Bertz CT molecular complexity index is 1690. The van der Waals surface area contributed by atoms with Crippen molar-refractivity contribution in [2.75, 3.05) is 24.4 Å². The van der Waals surface area contributed by atoms with E-state index in [2.05, 4.69) is 15.3 Å². The maximum Gasteiger partial charge on any atom is 0.319 e. The van der Waals surface area contributed by atoms with Gasteiger partial charge in [0.2, 0.25) is 5.88 Å². The first kappa shape index (κ1) is 25.1. The van der Waals surface area contributed by atoms with Crippen LogP contribution in [0.5, 0.6) is 11.9 Å². The zero-order chi connectivity index (χ0) is 27.6. The van der Waals surface area contributed by atoms with Gasteiger partial charge in [-0.05, 0) is 44.2 Å². The van der Waals surface area contributed by atoms with E-state index in [1.807, 2.05) is 18.4 Å². The van der Waals surface area contributed by atoms with Crippen molar-refractivity contribution < 1.29 is 19.1 Å². The van der Waals surface area contributed by atoms with Gasteiger partial charge in [-0.15, -0.1) is 0 Å². The third-order valence-electron chi connectivity index (χ3n) is 6.87. The van der Waals surface area contributed by atoms with Crippen LogP contribution in [0.15, 0.2) is 48.7 Å². The van der Waals surface area contributed by atoms with Crippen LogP contribution in [-0.4, -0.2) is 45.6 Å². The van der Waals surface area contributed by atoms with Gasteiger partial charge in [-0.3, -0.25) is 14.5 Å². The zero-order valence-electron chi connectivity index (χ0n) is 21.3. The van der Waals surface area contributed by atoms with Gasteiger partial charge in [0.25, 0.3) is 11.8 Å². The van der Waals surface area contributed by atoms with Crippen LogP contribution in [0.3, 0.4) is 0 Å². The third-order valence-corrected chi connectivity index (χ3v) is 7.34. The van der Waals surface area contributed by atoms with Gasteiger partial charge >= 0.3 is 6.01 Å². The van der Waals surface area contributed by atoms with E-state index in [1.165, 1.54) is 25.3 Å². The second kappa shape index (κ2) is 8.96. The summed E-state index contributed by atoms with van der Waals surface area (Å²) in [7, 11) is 2.92. The Morgan fingerprint density at radius 3 is 2.46 bits per heavy atom. The average Bonchev–Trinajstić information content (AvgIpc) is 3.52. The van der Waals surface area contributed by atoms with Crippen LogP contribution in [0.25, 0.3) is 11.4 Å². The maximum atomic E-state index is 14.3. The lowest BCUT2D eigenvalue weighted by atomic mass is 9.87. The summed E-state index contributed by atoms with van der Waals surface area (Å²) in [6, 6.07) is 11.8. The van der Waals surface area contributed by atoms with E-state index in [4.69, 9.17) is 37.7 Å². The molecule has 0 bridgehead atoms. The van der Waals surface area contributed by atoms with E-state index in [0.717, 1.165) is 0 Å². The summed E-state index contributed by atoms with van der Waals surface area (Å²) >= 11 is 12.6. The Morgan fingerprint density at radius 2 is 1.77 bits per heavy atom. The van der Waals surface area contributed by atoms with Crippen LogP contribution >= 0.6 is 23.2 Å². The zero-order valence-corrected chi connectivity index (χ0v) is 22.8. The molecule has 2 aliphatic rings. The molecule has 0 radical (unpaired) electrons. The maximum absolute atomic E-state index is 14.3. The first-order valence-electron chi connectivity index (χ1n) is 12.0. The molecule has 12 heteroatoms. The van der Waals surface area contributed by atoms with Crippen molar-refractivity contribution in [2.24, 2.45) is 0 Å². The van der Waals surface area contributed by atoms with Crippen LogP contribution in [0.1, 0.15) is 41.6 Å². The number of anilines is 2. The molecule has 6 rings (SSSR count). The molecule has 10 nitrogen and oxygen atoms in total. The minimum atomic E-state index is -1.59. The summed E-state index contributed by atoms with van der Waals surface area (Å²) in [5, 5.41) is 3.81. The quantitative estimate of drug-likeness (QED) is 0.358. The molecule has 1 spiro atoms. The Morgan fingerprint density at radius 1 is 1.00 bits per heavy atom. The molecule has 1 N–H and O–H groups in total. The van der Waals surface area contributed by atoms with E-state index in [-0.39, 0.29) is 23.6 Å². The Hall–Kier alpha value is -4.15. The lowest BCUT2D eigenvalue weighted by Gasteiger charge is -2.35. The fourth-order valence-corrected chi connectivity index (χ4v) is 5.75. The van der Waals surface area contributed by atoms with Crippen molar-refractivity contribution in [1.82, 2.24) is 19.5 Å². The van der Waals surface area contributed by atoms with Crippen molar-refractivity contribution in [1.29, 1.82) is 0 Å². The normalized spacial score (nSPS) is 17.6. The topological polar surface area (TPSA) is 111 Å². The molecule has 4 aromatic rings. The Kier molecular flexibility index (Phi) is 5.78. The highest BCUT2D eigenvalue weighted by Gasteiger charge is 2.64. The summed E-state index contributed by atoms with van der Waals surface area (Å²) < 4.78 is 12.5. The summed E-state index contributed by atoms with van der Waals surface area (Å²) in [5.74, 6) is -0.288. The number of rotatable bonds is 5. The number of carbonyl (C=O) groups excluding carboxylic acids is 2. The molecular formula is C27H22Cl2N6O4. The highest BCUT2D eigenvalue weighted by atomic mass is 35.5. The number of nitrogens with one attached hydrogen (secondary N) is 1. The number of aromatic nitrogens is 4. The first-order valence-corrected chi connectivity index (χ1v) is 12.8. The summed E-state index contributed by atoms with van der Waals surface area (Å²) in [6.07, 6.45) is 1.52. The second-order valence-electron chi connectivity index (χ2n) is 9.35. The SMILES string of the molecule is COc1ncc(-c2nc3c(n2C(C)C)[C@@]2(C(=O)Nc4cc(Cl)ccc42)N(c2cccc(Cl)c2)C3=O)c(OC)n1. The van der Waals surface area contributed by atoms with Gasteiger partial charge in [0.05, 0.1) is 25.5 Å². The van der Waals surface area contributed by atoms with Crippen molar-refractivity contribution in [3.8, 4) is 23.3 Å². The molecule has 2 aliphatic heterocycles. The molecule has 1 atom stereocenters. The average molecular weight is 565 g/mol. The lowest BCUT2D eigenvalue weighted by molar-refractivity contribution is -0.119. The molecule has 0 aliphatic carbocycles. The number of halogens is 2. The van der Waals surface area contributed by atoms with E-state index >= 15 is 0 Å². The number of benzene rings is 2. The molecule has 0 saturated heterocycles. The highest BCUT2D eigenvalue weighted by molar-refractivity contribution is 6.32. The molecule has 39 heavy (non-hydrogen) atoms. The number of ether oxygens (including phenoxy) is 2. The number of hydrogen-bond donors (Lipinski definition) is 1. The van der Waals surface area contributed by atoms with Gasteiger partial charge in [0, 0.05) is 39.2 Å². The molecular weight excluding hydrogens is 543 g/mol. The summed E-state index contributed by atoms with van der Waals surface area (Å²) in [4.78, 5) is 43.3. The molecule has 2 aromatic carbocycles.